The summed E-state index contributed by atoms with van der Waals surface area (Å²) in [6.45, 7) is 2.21. The molecular formula is C16H22ClNO2. The minimum atomic E-state index is -0.491. The van der Waals surface area contributed by atoms with Crippen LogP contribution in [0, 0.1) is 12.3 Å². The molecule has 0 aliphatic carbocycles. The summed E-state index contributed by atoms with van der Waals surface area (Å²) in [7, 11) is 0. The molecule has 3 nitrogen and oxygen atoms in total. The molecule has 1 rings (SSSR count). The van der Waals surface area contributed by atoms with Gasteiger partial charge in [-0.25, -0.2) is 0 Å². The SMILES string of the molecule is C#CCCCCNCC(O)COCc1ccc(Cl)cc1. The minimum Gasteiger partial charge on any atom is -0.389 e. The van der Waals surface area contributed by atoms with E-state index in [1.54, 1.807) is 0 Å². The van der Waals surface area contributed by atoms with Crippen LogP contribution in [-0.2, 0) is 11.3 Å². The van der Waals surface area contributed by atoms with Crippen LogP contribution in [0.3, 0.4) is 0 Å². The average molecular weight is 296 g/mol. The van der Waals surface area contributed by atoms with Crippen LogP contribution in [-0.4, -0.2) is 30.9 Å². The van der Waals surface area contributed by atoms with Crippen molar-refractivity contribution >= 4 is 11.6 Å². The molecule has 20 heavy (non-hydrogen) atoms. The molecule has 0 saturated carbocycles. The highest BCUT2D eigenvalue weighted by Crippen LogP contribution is 2.10. The Morgan fingerprint density at radius 2 is 2.05 bits per heavy atom. The van der Waals surface area contributed by atoms with Crippen molar-refractivity contribution in [1.82, 2.24) is 5.32 Å². The third kappa shape index (κ3) is 8.19. The van der Waals surface area contributed by atoms with E-state index in [9.17, 15) is 5.11 Å². The van der Waals surface area contributed by atoms with E-state index in [0.717, 1.165) is 31.4 Å². The molecule has 2 N–H and O–H groups in total. The molecule has 1 atom stereocenters. The van der Waals surface area contributed by atoms with Gasteiger partial charge in [-0.3, -0.25) is 0 Å². The van der Waals surface area contributed by atoms with Crippen LogP contribution in [0.15, 0.2) is 24.3 Å². The number of terminal acetylenes is 1. The van der Waals surface area contributed by atoms with Gasteiger partial charge < -0.3 is 15.2 Å². The zero-order valence-corrected chi connectivity index (χ0v) is 12.4. The first kappa shape index (κ1) is 17.0. The molecule has 4 heteroatoms. The van der Waals surface area contributed by atoms with Gasteiger partial charge in [0.05, 0.1) is 19.3 Å². The van der Waals surface area contributed by atoms with E-state index in [2.05, 4.69) is 11.2 Å². The van der Waals surface area contributed by atoms with Crippen molar-refractivity contribution < 1.29 is 9.84 Å². The molecule has 0 heterocycles. The van der Waals surface area contributed by atoms with Crippen LogP contribution in [0.2, 0.25) is 5.02 Å². The van der Waals surface area contributed by atoms with Gasteiger partial charge in [0.1, 0.15) is 0 Å². The summed E-state index contributed by atoms with van der Waals surface area (Å²) in [6.07, 6.45) is 7.54. The maximum Gasteiger partial charge on any atom is 0.0897 e. The van der Waals surface area contributed by atoms with Crippen molar-refractivity contribution in [1.29, 1.82) is 0 Å². The first-order valence-corrected chi connectivity index (χ1v) is 7.24. The van der Waals surface area contributed by atoms with Gasteiger partial charge in [-0.2, -0.15) is 0 Å². The van der Waals surface area contributed by atoms with Gasteiger partial charge in [-0.05, 0) is 37.1 Å². The van der Waals surface area contributed by atoms with Crippen LogP contribution in [0.5, 0.6) is 0 Å². The lowest BCUT2D eigenvalue weighted by Crippen LogP contribution is -2.31. The number of ether oxygens (including phenoxy) is 1. The molecule has 1 aromatic rings. The second-order valence-corrected chi connectivity index (χ2v) is 5.10. The molecule has 1 aromatic carbocycles. The van der Waals surface area contributed by atoms with Crippen molar-refractivity contribution in [2.24, 2.45) is 0 Å². The van der Waals surface area contributed by atoms with Gasteiger partial charge in [0.2, 0.25) is 0 Å². The largest absolute Gasteiger partial charge is 0.389 e. The second kappa shape index (κ2) is 10.7. The highest BCUT2D eigenvalue weighted by Gasteiger charge is 2.03. The number of aliphatic hydroxyl groups excluding tert-OH is 1. The van der Waals surface area contributed by atoms with Gasteiger partial charge in [0.25, 0.3) is 0 Å². The van der Waals surface area contributed by atoms with E-state index in [4.69, 9.17) is 22.8 Å². The third-order valence-electron chi connectivity index (χ3n) is 2.80. The van der Waals surface area contributed by atoms with Crippen LogP contribution < -0.4 is 5.32 Å². The molecule has 1 unspecified atom stereocenters. The minimum absolute atomic E-state index is 0.319. The molecule has 0 radical (unpaired) electrons. The molecule has 0 aliphatic heterocycles. The maximum absolute atomic E-state index is 9.73. The summed E-state index contributed by atoms with van der Waals surface area (Å²) in [4.78, 5) is 0. The molecule has 0 spiro atoms. The lowest BCUT2D eigenvalue weighted by molar-refractivity contribution is 0.0289. The summed E-state index contributed by atoms with van der Waals surface area (Å²) in [5.41, 5.74) is 1.05. The fourth-order valence-corrected chi connectivity index (χ4v) is 1.82. The number of halogens is 1. The van der Waals surface area contributed by atoms with E-state index in [-0.39, 0.29) is 0 Å². The van der Waals surface area contributed by atoms with Gasteiger partial charge in [0.15, 0.2) is 0 Å². The van der Waals surface area contributed by atoms with Crippen molar-refractivity contribution in [2.75, 3.05) is 19.7 Å². The number of hydrogen-bond donors (Lipinski definition) is 2. The number of hydrogen-bond acceptors (Lipinski definition) is 3. The molecule has 0 aromatic heterocycles. The zero-order valence-electron chi connectivity index (χ0n) is 11.6. The van der Waals surface area contributed by atoms with Crippen LogP contribution in [0.1, 0.15) is 24.8 Å². The van der Waals surface area contributed by atoms with E-state index in [0.29, 0.717) is 24.8 Å². The first-order chi connectivity index (χ1) is 9.72. The summed E-state index contributed by atoms with van der Waals surface area (Å²) >= 11 is 5.80. The second-order valence-electron chi connectivity index (χ2n) is 4.66. The van der Waals surface area contributed by atoms with Crippen molar-refractivity contribution in [2.45, 2.75) is 32.0 Å². The Bertz CT molecular complexity index is 400. The number of nitrogens with one attached hydrogen (secondary N) is 1. The Morgan fingerprint density at radius 3 is 2.75 bits per heavy atom. The van der Waals surface area contributed by atoms with E-state index >= 15 is 0 Å². The average Bonchev–Trinajstić information content (AvgIpc) is 2.45. The summed E-state index contributed by atoms with van der Waals surface area (Å²) in [5.74, 6) is 2.61. The molecule has 0 fully saturated rings. The highest BCUT2D eigenvalue weighted by molar-refractivity contribution is 6.30. The maximum atomic E-state index is 9.73. The smallest absolute Gasteiger partial charge is 0.0897 e. The van der Waals surface area contributed by atoms with Crippen LogP contribution in [0.4, 0.5) is 0 Å². The summed E-state index contributed by atoms with van der Waals surface area (Å²) in [6, 6.07) is 7.49. The van der Waals surface area contributed by atoms with Crippen molar-refractivity contribution in [3.63, 3.8) is 0 Å². The Kier molecular flexibility index (Phi) is 9.10. The first-order valence-electron chi connectivity index (χ1n) is 6.87. The van der Waals surface area contributed by atoms with Crippen LogP contribution in [0.25, 0.3) is 0 Å². The van der Waals surface area contributed by atoms with E-state index in [1.165, 1.54) is 0 Å². The number of rotatable bonds is 10. The lowest BCUT2D eigenvalue weighted by Gasteiger charge is -2.12. The topological polar surface area (TPSA) is 41.5 Å². The Balaban J connectivity index is 2.01. The van der Waals surface area contributed by atoms with Crippen LogP contribution >= 0.6 is 11.6 Å². The lowest BCUT2D eigenvalue weighted by atomic mass is 10.2. The fourth-order valence-electron chi connectivity index (χ4n) is 1.70. The monoisotopic (exact) mass is 295 g/mol. The molecule has 0 bridgehead atoms. The van der Waals surface area contributed by atoms with Gasteiger partial charge >= 0.3 is 0 Å². The highest BCUT2D eigenvalue weighted by atomic mass is 35.5. The normalized spacial score (nSPS) is 12.1. The summed E-state index contributed by atoms with van der Waals surface area (Å²) in [5, 5.41) is 13.6. The van der Waals surface area contributed by atoms with Crippen molar-refractivity contribution in [3.05, 3.63) is 34.9 Å². The van der Waals surface area contributed by atoms with E-state index in [1.807, 2.05) is 24.3 Å². The third-order valence-corrected chi connectivity index (χ3v) is 3.05. The molecule has 0 aliphatic rings. The quantitative estimate of drug-likeness (QED) is 0.515. The molecule has 0 saturated heterocycles. The predicted octanol–water partition coefficient (Wildman–Crippen LogP) is 2.61. The van der Waals surface area contributed by atoms with Gasteiger partial charge in [-0.15, -0.1) is 12.3 Å². The van der Waals surface area contributed by atoms with Crippen molar-refractivity contribution in [3.8, 4) is 12.3 Å². The zero-order chi connectivity index (χ0) is 14.6. The molecule has 0 amide bonds. The summed E-state index contributed by atoms with van der Waals surface area (Å²) < 4.78 is 5.46. The number of unbranched alkanes of at least 4 members (excludes halogenated alkanes) is 2. The molecular weight excluding hydrogens is 274 g/mol. The number of benzene rings is 1. The predicted molar refractivity (Wildman–Crippen MR) is 82.7 cm³/mol. The van der Waals surface area contributed by atoms with Gasteiger partial charge in [0, 0.05) is 18.0 Å². The fraction of sp³-hybridized carbons (Fsp3) is 0.500. The van der Waals surface area contributed by atoms with E-state index < -0.39 is 6.10 Å². The van der Waals surface area contributed by atoms with Gasteiger partial charge in [-0.1, -0.05) is 23.7 Å². The molecule has 110 valence electrons. The Hall–Kier alpha value is -1.05. The standard InChI is InChI=1S/C16H22ClNO2/c1-2-3-4-5-10-18-11-16(19)13-20-12-14-6-8-15(17)9-7-14/h1,6-9,16,18-19H,3-5,10-13H2. The number of aliphatic hydroxyl groups is 1. The Labute approximate surface area is 126 Å². The Morgan fingerprint density at radius 1 is 1.30 bits per heavy atom.